The Hall–Kier alpha value is -4.35. The van der Waals surface area contributed by atoms with Gasteiger partial charge in [-0.2, -0.15) is 0 Å². The quantitative estimate of drug-likeness (QED) is 0.223. The summed E-state index contributed by atoms with van der Waals surface area (Å²) in [5.74, 6) is -1.09. The number of benzene rings is 4. The van der Waals surface area contributed by atoms with Crippen molar-refractivity contribution in [3.8, 4) is 11.1 Å². The normalized spacial score (nSPS) is 11.9. The Morgan fingerprint density at radius 1 is 0.923 bits per heavy atom. The van der Waals surface area contributed by atoms with E-state index in [0.29, 0.717) is 22.7 Å². The van der Waals surface area contributed by atoms with Crippen LogP contribution in [0.25, 0.3) is 22.0 Å². The summed E-state index contributed by atoms with van der Waals surface area (Å²) >= 11 is 6.32. The lowest BCUT2D eigenvalue weighted by Crippen LogP contribution is -2.26. The standard InChI is InChI=1S/C33H29ClN2O3/c1-20-22(3)36(19-23-12-14-24(15-13-23)27-9-4-5-10-28(27)33(38)39)31-17-16-25(18-29(20)31)32(37)35-21(2)26-8-6-7-11-30(26)34/h4-18,21H,19H2,1-3H3,(H,35,37)(H,38,39). The molecule has 0 aliphatic heterocycles. The van der Waals surface area contributed by atoms with Crippen LogP contribution in [0.3, 0.4) is 0 Å². The predicted molar refractivity (Wildman–Crippen MR) is 157 cm³/mol. The molecule has 0 saturated heterocycles. The Morgan fingerprint density at radius 2 is 1.62 bits per heavy atom. The molecule has 2 N–H and O–H groups in total. The van der Waals surface area contributed by atoms with E-state index in [2.05, 4.69) is 23.7 Å². The molecule has 0 spiro atoms. The van der Waals surface area contributed by atoms with Crippen LogP contribution < -0.4 is 5.32 Å². The van der Waals surface area contributed by atoms with Crippen molar-refractivity contribution in [2.24, 2.45) is 0 Å². The first kappa shape index (κ1) is 26.3. The van der Waals surface area contributed by atoms with Crippen molar-refractivity contribution in [1.82, 2.24) is 9.88 Å². The van der Waals surface area contributed by atoms with Gasteiger partial charge in [0.2, 0.25) is 0 Å². The summed E-state index contributed by atoms with van der Waals surface area (Å²) in [5.41, 5.74) is 7.75. The number of aromatic nitrogens is 1. The summed E-state index contributed by atoms with van der Waals surface area (Å²) in [6.07, 6.45) is 0. The van der Waals surface area contributed by atoms with Crippen LogP contribution in [0.2, 0.25) is 5.02 Å². The molecule has 1 amide bonds. The molecular formula is C33H29ClN2O3. The summed E-state index contributed by atoms with van der Waals surface area (Å²) in [6.45, 7) is 6.75. The molecule has 0 saturated carbocycles. The van der Waals surface area contributed by atoms with Crippen LogP contribution in [0.15, 0.2) is 91.0 Å². The minimum atomic E-state index is -0.939. The Bertz CT molecular complexity index is 1700. The summed E-state index contributed by atoms with van der Waals surface area (Å²) in [4.78, 5) is 24.7. The fourth-order valence-corrected chi connectivity index (χ4v) is 5.37. The maximum absolute atomic E-state index is 13.1. The highest BCUT2D eigenvalue weighted by Gasteiger charge is 2.17. The number of nitrogens with zero attached hydrogens (tertiary/aromatic N) is 1. The number of hydrogen-bond acceptors (Lipinski definition) is 2. The van der Waals surface area contributed by atoms with Crippen molar-refractivity contribution in [3.05, 3.63) is 130 Å². The topological polar surface area (TPSA) is 71.3 Å². The second kappa shape index (κ2) is 10.8. The van der Waals surface area contributed by atoms with Crippen molar-refractivity contribution in [3.63, 3.8) is 0 Å². The van der Waals surface area contributed by atoms with Gasteiger partial charge in [0.1, 0.15) is 0 Å². The number of carboxylic acid groups (broad SMARTS) is 1. The largest absolute Gasteiger partial charge is 0.478 e. The van der Waals surface area contributed by atoms with Crippen LogP contribution in [-0.4, -0.2) is 21.6 Å². The van der Waals surface area contributed by atoms with E-state index in [9.17, 15) is 14.7 Å². The molecule has 0 fully saturated rings. The number of rotatable bonds is 7. The molecule has 196 valence electrons. The number of aryl methyl sites for hydroxylation is 1. The second-order valence-corrected chi connectivity index (χ2v) is 10.2. The van der Waals surface area contributed by atoms with Crippen LogP contribution in [-0.2, 0) is 6.54 Å². The number of amides is 1. The van der Waals surface area contributed by atoms with Gasteiger partial charge in [-0.25, -0.2) is 4.79 Å². The molecule has 0 aliphatic rings. The zero-order valence-electron chi connectivity index (χ0n) is 22.0. The molecule has 0 bridgehead atoms. The Kier molecular flexibility index (Phi) is 7.27. The predicted octanol–water partition coefficient (Wildman–Crippen LogP) is 7.82. The fraction of sp³-hybridized carbons (Fsp3) is 0.152. The maximum Gasteiger partial charge on any atom is 0.336 e. The first-order valence-electron chi connectivity index (χ1n) is 12.8. The van der Waals surface area contributed by atoms with E-state index in [0.717, 1.165) is 38.9 Å². The van der Waals surface area contributed by atoms with Gasteiger partial charge in [0.05, 0.1) is 11.6 Å². The Balaban J connectivity index is 1.39. The van der Waals surface area contributed by atoms with E-state index in [1.807, 2.05) is 85.8 Å². The third-order valence-electron chi connectivity index (χ3n) is 7.38. The molecule has 39 heavy (non-hydrogen) atoms. The molecule has 0 aliphatic carbocycles. The number of nitrogens with one attached hydrogen (secondary N) is 1. The number of halogens is 1. The number of carboxylic acids is 1. The molecule has 0 radical (unpaired) electrons. The van der Waals surface area contributed by atoms with Crippen LogP contribution in [0, 0.1) is 13.8 Å². The third-order valence-corrected chi connectivity index (χ3v) is 7.73. The van der Waals surface area contributed by atoms with Crippen molar-refractivity contribution >= 4 is 34.4 Å². The average molecular weight is 537 g/mol. The van der Waals surface area contributed by atoms with Gasteiger partial charge in [0.15, 0.2) is 0 Å². The lowest BCUT2D eigenvalue weighted by Gasteiger charge is -2.16. The number of fused-ring (bicyclic) bond motifs is 1. The summed E-state index contributed by atoms with van der Waals surface area (Å²) < 4.78 is 2.25. The zero-order chi connectivity index (χ0) is 27.7. The molecule has 5 aromatic rings. The Morgan fingerprint density at radius 3 is 2.33 bits per heavy atom. The highest BCUT2D eigenvalue weighted by molar-refractivity contribution is 6.31. The smallest absolute Gasteiger partial charge is 0.336 e. The van der Waals surface area contributed by atoms with Crippen LogP contribution >= 0.6 is 11.6 Å². The monoisotopic (exact) mass is 536 g/mol. The minimum Gasteiger partial charge on any atom is -0.478 e. The number of hydrogen-bond donors (Lipinski definition) is 2. The summed E-state index contributed by atoms with van der Waals surface area (Å²) in [5, 5.41) is 14.3. The summed E-state index contributed by atoms with van der Waals surface area (Å²) in [6, 6.07) is 28.1. The van der Waals surface area contributed by atoms with Gasteiger partial charge in [-0.3, -0.25) is 4.79 Å². The SMILES string of the molecule is Cc1c(C)n(Cc2ccc(-c3ccccc3C(=O)O)cc2)c2ccc(C(=O)NC(C)c3ccccc3Cl)cc12. The zero-order valence-corrected chi connectivity index (χ0v) is 22.8. The van der Waals surface area contributed by atoms with Gasteiger partial charge in [-0.15, -0.1) is 0 Å². The molecule has 1 aromatic heterocycles. The molecule has 5 rings (SSSR count). The molecular weight excluding hydrogens is 508 g/mol. The molecule has 6 heteroatoms. The van der Waals surface area contributed by atoms with Crippen molar-refractivity contribution in [2.45, 2.75) is 33.4 Å². The van der Waals surface area contributed by atoms with E-state index in [1.165, 1.54) is 0 Å². The van der Waals surface area contributed by atoms with Crippen LogP contribution in [0.1, 0.15) is 56.1 Å². The fourth-order valence-electron chi connectivity index (χ4n) is 5.07. The van der Waals surface area contributed by atoms with Crippen LogP contribution in [0.5, 0.6) is 0 Å². The minimum absolute atomic E-state index is 0.147. The van der Waals surface area contributed by atoms with Crippen molar-refractivity contribution < 1.29 is 14.7 Å². The lowest BCUT2D eigenvalue weighted by molar-refractivity contribution is 0.0697. The molecule has 5 nitrogen and oxygen atoms in total. The van der Waals surface area contributed by atoms with E-state index < -0.39 is 5.97 Å². The van der Waals surface area contributed by atoms with Gasteiger partial charge >= 0.3 is 5.97 Å². The third kappa shape index (κ3) is 5.18. The number of aromatic carboxylic acids is 1. The first-order valence-corrected chi connectivity index (χ1v) is 13.2. The number of carbonyl (C=O) groups excluding carboxylic acids is 1. The molecule has 4 aromatic carbocycles. The molecule has 1 unspecified atom stereocenters. The van der Waals surface area contributed by atoms with Gasteiger partial charge in [-0.05, 0) is 78.9 Å². The van der Waals surface area contributed by atoms with Gasteiger partial charge < -0.3 is 15.0 Å². The van der Waals surface area contributed by atoms with E-state index in [-0.39, 0.29) is 17.5 Å². The molecule has 1 heterocycles. The summed E-state index contributed by atoms with van der Waals surface area (Å²) in [7, 11) is 0. The second-order valence-electron chi connectivity index (χ2n) is 9.79. The van der Waals surface area contributed by atoms with Crippen molar-refractivity contribution in [2.75, 3.05) is 0 Å². The molecule has 1 atom stereocenters. The Labute approximate surface area is 232 Å². The van der Waals surface area contributed by atoms with Gasteiger partial charge in [0, 0.05) is 33.7 Å². The highest BCUT2D eigenvalue weighted by atomic mass is 35.5. The average Bonchev–Trinajstić information content (AvgIpc) is 3.17. The number of carbonyl (C=O) groups is 2. The van der Waals surface area contributed by atoms with E-state index in [1.54, 1.807) is 12.1 Å². The van der Waals surface area contributed by atoms with Gasteiger partial charge in [-0.1, -0.05) is 72.3 Å². The lowest BCUT2D eigenvalue weighted by atomic mass is 9.99. The van der Waals surface area contributed by atoms with E-state index >= 15 is 0 Å². The highest BCUT2D eigenvalue weighted by Crippen LogP contribution is 2.29. The first-order chi connectivity index (χ1) is 18.7. The van der Waals surface area contributed by atoms with Crippen LogP contribution in [0.4, 0.5) is 0 Å². The van der Waals surface area contributed by atoms with Crippen molar-refractivity contribution in [1.29, 1.82) is 0 Å². The van der Waals surface area contributed by atoms with Gasteiger partial charge in [0.25, 0.3) is 5.91 Å². The maximum atomic E-state index is 13.1. The van der Waals surface area contributed by atoms with E-state index in [4.69, 9.17) is 11.6 Å².